The highest BCUT2D eigenvalue weighted by Crippen LogP contribution is 2.19. The zero-order chi connectivity index (χ0) is 22.8. The Hall–Kier alpha value is -4.32. The third-order valence-corrected chi connectivity index (χ3v) is 4.57. The van der Waals surface area contributed by atoms with Crippen molar-refractivity contribution in [3.8, 4) is 11.8 Å². The molecule has 3 rings (SSSR count). The maximum absolute atomic E-state index is 12.8. The van der Waals surface area contributed by atoms with Crippen molar-refractivity contribution >= 4 is 29.1 Å². The summed E-state index contributed by atoms with van der Waals surface area (Å²) in [5.74, 6) is -0.0398. The molecule has 0 fully saturated rings. The SMILES string of the molecule is CCOC(=O)N[C@H](Cc1c[nH]c2ccccc12)C(=O)N/N=C\c1ccccc1OCC#N. The molecular formula is C23H23N5O4. The number of aromatic amines is 1. The Morgan fingerprint density at radius 2 is 2.00 bits per heavy atom. The molecule has 164 valence electrons. The largest absolute Gasteiger partial charge is 0.478 e. The highest BCUT2D eigenvalue weighted by Gasteiger charge is 2.23. The van der Waals surface area contributed by atoms with Gasteiger partial charge in [-0.05, 0) is 30.7 Å². The van der Waals surface area contributed by atoms with Crippen molar-refractivity contribution in [1.82, 2.24) is 15.7 Å². The van der Waals surface area contributed by atoms with Gasteiger partial charge in [0, 0.05) is 29.1 Å². The topological polar surface area (TPSA) is 129 Å². The number of hydrogen-bond acceptors (Lipinski definition) is 6. The number of alkyl carbamates (subject to hydrolysis) is 1. The van der Waals surface area contributed by atoms with Gasteiger partial charge in [0.2, 0.25) is 0 Å². The Kier molecular flexibility index (Phi) is 7.81. The molecular weight excluding hydrogens is 410 g/mol. The van der Waals surface area contributed by atoms with Crippen LogP contribution in [0.4, 0.5) is 4.79 Å². The normalized spacial score (nSPS) is 11.6. The summed E-state index contributed by atoms with van der Waals surface area (Å²) in [7, 11) is 0. The quantitative estimate of drug-likeness (QED) is 0.353. The molecule has 0 aliphatic heterocycles. The Labute approximate surface area is 185 Å². The predicted molar refractivity (Wildman–Crippen MR) is 119 cm³/mol. The van der Waals surface area contributed by atoms with Crippen LogP contribution in [0.25, 0.3) is 10.9 Å². The molecule has 0 radical (unpaired) electrons. The minimum atomic E-state index is -0.907. The van der Waals surface area contributed by atoms with Crippen LogP contribution in [-0.2, 0) is 16.0 Å². The standard InChI is InChI=1S/C23H23N5O4/c1-2-31-23(30)27-20(13-17-14-25-19-9-5-4-8-18(17)19)22(29)28-26-15-16-7-3-6-10-21(16)32-12-11-24/h3-10,14-15,20,25H,2,12-13H2,1H3,(H,27,30)(H,28,29)/b26-15-/t20-/m1/s1. The number of aromatic nitrogens is 1. The van der Waals surface area contributed by atoms with Gasteiger partial charge in [-0.3, -0.25) is 4.79 Å². The number of nitrogens with one attached hydrogen (secondary N) is 3. The van der Waals surface area contributed by atoms with Crippen molar-refractivity contribution in [2.45, 2.75) is 19.4 Å². The number of para-hydroxylation sites is 2. The number of hydrazone groups is 1. The van der Waals surface area contributed by atoms with E-state index in [1.807, 2.05) is 36.5 Å². The van der Waals surface area contributed by atoms with Crippen molar-refractivity contribution in [2.75, 3.05) is 13.2 Å². The average Bonchev–Trinajstić information content (AvgIpc) is 3.21. The molecule has 0 saturated carbocycles. The van der Waals surface area contributed by atoms with Crippen molar-refractivity contribution in [1.29, 1.82) is 5.26 Å². The summed E-state index contributed by atoms with van der Waals surface area (Å²) in [5, 5.41) is 16.2. The van der Waals surface area contributed by atoms with Crippen LogP contribution in [0.5, 0.6) is 5.75 Å². The summed E-state index contributed by atoms with van der Waals surface area (Å²) in [5.41, 5.74) is 4.85. The highest BCUT2D eigenvalue weighted by molar-refractivity contribution is 5.90. The summed E-state index contributed by atoms with van der Waals surface area (Å²) in [6.45, 7) is 1.77. The van der Waals surface area contributed by atoms with Gasteiger partial charge in [0.15, 0.2) is 6.61 Å². The predicted octanol–water partition coefficient (Wildman–Crippen LogP) is 2.88. The van der Waals surface area contributed by atoms with E-state index in [4.69, 9.17) is 14.7 Å². The van der Waals surface area contributed by atoms with Crippen LogP contribution in [0.2, 0.25) is 0 Å². The zero-order valence-corrected chi connectivity index (χ0v) is 17.5. The fourth-order valence-electron chi connectivity index (χ4n) is 3.12. The molecule has 0 unspecified atom stereocenters. The Bertz CT molecular complexity index is 1150. The lowest BCUT2D eigenvalue weighted by molar-refractivity contribution is -0.123. The first-order valence-corrected chi connectivity index (χ1v) is 10.0. The summed E-state index contributed by atoms with van der Waals surface area (Å²) in [6.07, 6.45) is 2.78. The number of ether oxygens (including phenoxy) is 2. The van der Waals surface area contributed by atoms with Crippen LogP contribution in [-0.4, -0.2) is 42.5 Å². The summed E-state index contributed by atoms with van der Waals surface area (Å²) in [4.78, 5) is 28.0. The second-order valence-electron chi connectivity index (χ2n) is 6.70. The van der Waals surface area contributed by atoms with Crippen molar-refractivity contribution < 1.29 is 19.1 Å². The van der Waals surface area contributed by atoms with E-state index >= 15 is 0 Å². The Balaban J connectivity index is 1.73. The number of H-pyrrole nitrogens is 1. The van der Waals surface area contributed by atoms with Gasteiger partial charge in [-0.15, -0.1) is 0 Å². The zero-order valence-electron chi connectivity index (χ0n) is 17.5. The fourth-order valence-corrected chi connectivity index (χ4v) is 3.12. The van der Waals surface area contributed by atoms with Crippen LogP contribution in [0.3, 0.4) is 0 Å². The number of fused-ring (bicyclic) bond motifs is 1. The number of carbonyl (C=O) groups is 2. The number of nitrogens with zero attached hydrogens (tertiary/aromatic N) is 2. The number of nitriles is 1. The van der Waals surface area contributed by atoms with Gasteiger partial charge in [-0.1, -0.05) is 30.3 Å². The molecule has 1 atom stereocenters. The molecule has 32 heavy (non-hydrogen) atoms. The van der Waals surface area contributed by atoms with E-state index in [2.05, 4.69) is 20.8 Å². The van der Waals surface area contributed by atoms with Gasteiger partial charge in [0.05, 0.1) is 12.8 Å². The Morgan fingerprint density at radius 3 is 2.81 bits per heavy atom. The molecule has 0 aliphatic carbocycles. The minimum Gasteiger partial charge on any atom is -0.478 e. The van der Waals surface area contributed by atoms with Gasteiger partial charge in [0.1, 0.15) is 17.9 Å². The van der Waals surface area contributed by atoms with Gasteiger partial charge >= 0.3 is 6.09 Å². The first-order chi connectivity index (χ1) is 15.6. The second kappa shape index (κ2) is 11.2. The fraction of sp³-hybridized carbons (Fsp3) is 0.217. The van der Waals surface area contributed by atoms with Crippen LogP contribution in [0.1, 0.15) is 18.1 Å². The molecule has 9 nitrogen and oxygen atoms in total. The van der Waals surface area contributed by atoms with Crippen molar-refractivity contribution in [3.05, 3.63) is 65.9 Å². The van der Waals surface area contributed by atoms with Gasteiger partial charge in [-0.2, -0.15) is 10.4 Å². The summed E-state index contributed by atoms with van der Waals surface area (Å²) >= 11 is 0. The summed E-state index contributed by atoms with van der Waals surface area (Å²) < 4.78 is 10.3. The number of rotatable bonds is 9. The molecule has 2 aromatic carbocycles. The lowest BCUT2D eigenvalue weighted by Crippen LogP contribution is -2.47. The van der Waals surface area contributed by atoms with E-state index in [0.29, 0.717) is 11.3 Å². The molecule has 0 aliphatic rings. The highest BCUT2D eigenvalue weighted by atomic mass is 16.5. The molecule has 0 bridgehead atoms. The average molecular weight is 433 g/mol. The van der Waals surface area contributed by atoms with E-state index in [0.717, 1.165) is 16.5 Å². The molecule has 0 spiro atoms. The lowest BCUT2D eigenvalue weighted by Gasteiger charge is -2.16. The molecule has 1 aromatic heterocycles. The molecule has 0 saturated heterocycles. The Morgan fingerprint density at radius 1 is 1.22 bits per heavy atom. The van der Waals surface area contributed by atoms with Gasteiger partial charge in [-0.25, -0.2) is 10.2 Å². The first kappa shape index (κ1) is 22.4. The van der Waals surface area contributed by atoms with E-state index in [1.165, 1.54) is 6.21 Å². The van der Waals surface area contributed by atoms with Crippen LogP contribution < -0.4 is 15.5 Å². The minimum absolute atomic E-state index is 0.104. The van der Waals surface area contributed by atoms with Crippen molar-refractivity contribution in [2.24, 2.45) is 5.10 Å². The van der Waals surface area contributed by atoms with Gasteiger partial charge in [0.25, 0.3) is 5.91 Å². The number of benzene rings is 2. The third kappa shape index (κ3) is 5.86. The number of amides is 2. The second-order valence-corrected chi connectivity index (χ2v) is 6.70. The summed E-state index contributed by atoms with van der Waals surface area (Å²) in [6, 6.07) is 15.7. The van der Waals surface area contributed by atoms with Crippen LogP contribution in [0, 0.1) is 11.3 Å². The lowest BCUT2D eigenvalue weighted by atomic mass is 10.0. The van der Waals surface area contributed by atoms with E-state index in [-0.39, 0.29) is 19.6 Å². The van der Waals surface area contributed by atoms with E-state index in [1.54, 1.807) is 31.2 Å². The van der Waals surface area contributed by atoms with Gasteiger partial charge < -0.3 is 19.8 Å². The maximum Gasteiger partial charge on any atom is 0.407 e. The smallest absolute Gasteiger partial charge is 0.407 e. The third-order valence-electron chi connectivity index (χ3n) is 4.57. The number of hydrogen-bond donors (Lipinski definition) is 3. The van der Waals surface area contributed by atoms with E-state index in [9.17, 15) is 9.59 Å². The number of carbonyl (C=O) groups excluding carboxylic acids is 2. The molecule has 3 N–H and O–H groups in total. The van der Waals surface area contributed by atoms with Crippen LogP contribution in [0.15, 0.2) is 59.8 Å². The maximum atomic E-state index is 12.8. The molecule has 3 aromatic rings. The first-order valence-electron chi connectivity index (χ1n) is 10.0. The van der Waals surface area contributed by atoms with Crippen molar-refractivity contribution in [3.63, 3.8) is 0 Å². The van der Waals surface area contributed by atoms with Crippen LogP contribution >= 0.6 is 0 Å². The molecule has 9 heteroatoms. The molecule has 1 heterocycles. The molecule has 2 amide bonds. The van der Waals surface area contributed by atoms with E-state index < -0.39 is 18.0 Å². The monoisotopic (exact) mass is 433 g/mol.